The number of esters is 1. The summed E-state index contributed by atoms with van der Waals surface area (Å²) in [5, 5.41) is 9.00. The molecule has 0 aliphatic rings. The van der Waals surface area contributed by atoms with Gasteiger partial charge in [-0.1, -0.05) is 48.5 Å². The smallest absolute Gasteiger partial charge is 0.315 e. The molecule has 0 aromatic heterocycles. The Morgan fingerprint density at radius 3 is 2.59 bits per heavy atom. The van der Waals surface area contributed by atoms with Crippen LogP contribution in [-0.4, -0.2) is 18.3 Å². The Labute approximate surface area is 134 Å². The molecule has 112 valence electrons. The predicted molar refractivity (Wildman–Crippen MR) is 88.4 cm³/mol. The van der Waals surface area contributed by atoms with Crippen LogP contribution in [0.1, 0.15) is 16.7 Å². The molecular formula is C18H17NO2S. The van der Waals surface area contributed by atoms with E-state index in [2.05, 4.69) is 6.07 Å². The van der Waals surface area contributed by atoms with E-state index in [0.717, 1.165) is 17.5 Å². The number of ether oxygens (including phenoxy) is 1. The van der Waals surface area contributed by atoms with Gasteiger partial charge in [-0.3, -0.25) is 4.79 Å². The van der Waals surface area contributed by atoms with Crippen molar-refractivity contribution in [1.82, 2.24) is 0 Å². The second-order valence-electron chi connectivity index (χ2n) is 4.72. The number of carbonyl (C=O) groups excluding carboxylic acids is 1. The number of carbonyl (C=O) groups is 1. The van der Waals surface area contributed by atoms with Crippen molar-refractivity contribution in [1.29, 1.82) is 5.26 Å². The summed E-state index contributed by atoms with van der Waals surface area (Å²) in [7, 11) is 0. The van der Waals surface area contributed by atoms with Crippen LogP contribution in [0.3, 0.4) is 0 Å². The van der Waals surface area contributed by atoms with Gasteiger partial charge >= 0.3 is 5.97 Å². The summed E-state index contributed by atoms with van der Waals surface area (Å²) in [6.07, 6.45) is 0.731. The van der Waals surface area contributed by atoms with Gasteiger partial charge in [-0.05, 0) is 17.2 Å². The van der Waals surface area contributed by atoms with Crippen LogP contribution in [-0.2, 0) is 21.7 Å². The van der Waals surface area contributed by atoms with Crippen LogP contribution < -0.4 is 0 Å². The van der Waals surface area contributed by atoms with Gasteiger partial charge in [0.15, 0.2) is 0 Å². The van der Waals surface area contributed by atoms with Crippen LogP contribution >= 0.6 is 11.8 Å². The molecule has 3 nitrogen and oxygen atoms in total. The molecule has 0 N–H and O–H groups in total. The largest absolute Gasteiger partial charge is 0.465 e. The Balaban J connectivity index is 1.67. The molecular weight excluding hydrogens is 294 g/mol. The Bertz CT molecular complexity index is 650. The van der Waals surface area contributed by atoms with E-state index in [1.807, 2.05) is 48.5 Å². The topological polar surface area (TPSA) is 50.1 Å². The molecule has 4 heteroatoms. The highest BCUT2D eigenvalue weighted by Gasteiger charge is 2.06. The standard InChI is InChI=1S/C18H17NO2S/c19-12-16-8-4-5-9-17(16)13-22-14-18(20)21-11-10-15-6-2-1-3-7-15/h1-9H,10-11,13-14H2. The lowest BCUT2D eigenvalue weighted by Crippen LogP contribution is -2.10. The highest BCUT2D eigenvalue weighted by molar-refractivity contribution is 7.99. The van der Waals surface area contributed by atoms with Crippen LogP contribution in [0.5, 0.6) is 0 Å². The molecule has 0 bridgehead atoms. The van der Waals surface area contributed by atoms with Crippen molar-refractivity contribution in [2.45, 2.75) is 12.2 Å². The number of rotatable bonds is 7. The Morgan fingerprint density at radius 2 is 1.82 bits per heavy atom. The van der Waals surface area contributed by atoms with Gasteiger partial charge in [0.05, 0.1) is 24.0 Å². The molecule has 0 unspecified atom stereocenters. The van der Waals surface area contributed by atoms with Crippen molar-refractivity contribution in [2.75, 3.05) is 12.4 Å². The van der Waals surface area contributed by atoms with E-state index < -0.39 is 0 Å². The van der Waals surface area contributed by atoms with Crippen molar-refractivity contribution in [3.8, 4) is 6.07 Å². The van der Waals surface area contributed by atoms with Gasteiger partial charge in [0, 0.05) is 12.2 Å². The molecule has 0 heterocycles. The van der Waals surface area contributed by atoms with Gasteiger partial charge in [-0.25, -0.2) is 0 Å². The van der Waals surface area contributed by atoms with E-state index in [4.69, 9.17) is 10.00 Å². The molecule has 2 rings (SSSR count). The maximum atomic E-state index is 11.7. The zero-order valence-electron chi connectivity index (χ0n) is 12.2. The van der Waals surface area contributed by atoms with E-state index in [1.165, 1.54) is 11.8 Å². The number of benzene rings is 2. The summed E-state index contributed by atoms with van der Waals surface area (Å²) in [6.45, 7) is 0.401. The van der Waals surface area contributed by atoms with Crippen LogP contribution in [0.4, 0.5) is 0 Å². The molecule has 0 spiro atoms. The number of nitrogens with zero attached hydrogens (tertiary/aromatic N) is 1. The van der Waals surface area contributed by atoms with Crippen LogP contribution in [0.25, 0.3) is 0 Å². The fraction of sp³-hybridized carbons (Fsp3) is 0.222. The lowest BCUT2D eigenvalue weighted by molar-refractivity contribution is -0.140. The highest BCUT2D eigenvalue weighted by Crippen LogP contribution is 2.16. The molecule has 0 aliphatic heterocycles. The third kappa shape index (κ3) is 5.27. The minimum atomic E-state index is -0.213. The van der Waals surface area contributed by atoms with Crippen LogP contribution in [0.2, 0.25) is 0 Å². The number of hydrogen-bond acceptors (Lipinski definition) is 4. The average molecular weight is 311 g/mol. The van der Waals surface area contributed by atoms with Gasteiger partial charge < -0.3 is 4.74 Å². The maximum absolute atomic E-state index is 11.7. The average Bonchev–Trinajstić information content (AvgIpc) is 2.56. The highest BCUT2D eigenvalue weighted by atomic mass is 32.2. The first-order valence-corrected chi connectivity index (χ1v) is 8.20. The van der Waals surface area contributed by atoms with Crippen molar-refractivity contribution in [3.05, 3.63) is 71.3 Å². The van der Waals surface area contributed by atoms with E-state index >= 15 is 0 Å². The molecule has 0 fully saturated rings. The second-order valence-corrected chi connectivity index (χ2v) is 5.70. The maximum Gasteiger partial charge on any atom is 0.315 e. The Kier molecular flexibility index (Phi) is 6.53. The van der Waals surface area contributed by atoms with E-state index in [1.54, 1.807) is 6.07 Å². The number of nitriles is 1. The zero-order valence-corrected chi connectivity index (χ0v) is 13.0. The van der Waals surface area contributed by atoms with Gasteiger partial charge in [0.25, 0.3) is 0 Å². The van der Waals surface area contributed by atoms with Gasteiger partial charge in [0.1, 0.15) is 0 Å². The van der Waals surface area contributed by atoms with E-state index in [-0.39, 0.29) is 5.97 Å². The lowest BCUT2D eigenvalue weighted by atomic mass is 10.1. The van der Waals surface area contributed by atoms with Crippen molar-refractivity contribution in [3.63, 3.8) is 0 Å². The summed E-state index contributed by atoms with van der Waals surface area (Å²) < 4.78 is 5.22. The SMILES string of the molecule is N#Cc1ccccc1CSCC(=O)OCCc1ccccc1. The molecule has 0 amide bonds. The van der Waals surface area contributed by atoms with Gasteiger partial charge in [0.2, 0.25) is 0 Å². The molecule has 2 aromatic rings. The molecule has 0 saturated heterocycles. The fourth-order valence-corrected chi connectivity index (χ4v) is 2.79. The molecule has 0 saturated carbocycles. The van der Waals surface area contributed by atoms with Crippen LogP contribution in [0.15, 0.2) is 54.6 Å². The van der Waals surface area contributed by atoms with Crippen molar-refractivity contribution in [2.24, 2.45) is 0 Å². The first kappa shape index (κ1) is 16.1. The zero-order chi connectivity index (χ0) is 15.6. The van der Waals surface area contributed by atoms with E-state index in [0.29, 0.717) is 23.7 Å². The minimum Gasteiger partial charge on any atom is -0.465 e. The predicted octanol–water partition coefficient (Wildman–Crippen LogP) is 3.58. The first-order chi connectivity index (χ1) is 10.8. The Hall–Kier alpha value is -2.25. The van der Waals surface area contributed by atoms with Crippen molar-refractivity contribution >= 4 is 17.7 Å². The van der Waals surface area contributed by atoms with E-state index in [9.17, 15) is 4.79 Å². The monoisotopic (exact) mass is 311 g/mol. The second kappa shape index (κ2) is 8.91. The normalized spacial score (nSPS) is 9.95. The third-order valence-electron chi connectivity index (χ3n) is 3.11. The third-order valence-corrected chi connectivity index (χ3v) is 4.07. The summed E-state index contributed by atoms with van der Waals surface area (Å²) in [6, 6.07) is 19.5. The first-order valence-electron chi connectivity index (χ1n) is 7.05. The van der Waals surface area contributed by atoms with Crippen molar-refractivity contribution < 1.29 is 9.53 Å². The molecule has 0 atom stereocenters. The number of thioether (sulfide) groups is 1. The summed E-state index contributed by atoms with van der Waals surface area (Å²) in [5.74, 6) is 0.724. The summed E-state index contributed by atoms with van der Waals surface area (Å²) in [4.78, 5) is 11.7. The number of hydrogen-bond donors (Lipinski definition) is 0. The minimum absolute atomic E-state index is 0.213. The summed E-state index contributed by atoms with van der Waals surface area (Å²) >= 11 is 1.46. The molecule has 0 radical (unpaired) electrons. The molecule has 22 heavy (non-hydrogen) atoms. The van der Waals surface area contributed by atoms with Gasteiger partial charge in [-0.15, -0.1) is 11.8 Å². The lowest BCUT2D eigenvalue weighted by Gasteiger charge is -2.06. The fourth-order valence-electron chi connectivity index (χ4n) is 1.97. The summed E-state index contributed by atoms with van der Waals surface area (Å²) in [5.41, 5.74) is 2.77. The Morgan fingerprint density at radius 1 is 1.09 bits per heavy atom. The molecule has 0 aliphatic carbocycles. The van der Waals surface area contributed by atoms with Crippen LogP contribution in [0, 0.1) is 11.3 Å². The quantitative estimate of drug-likeness (QED) is 0.733. The van der Waals surface area contributed by atoms with Gasteiger partial charge in [-0.2, -0.15) is 5.26 Å². The molecule has 2 aromatic carbocycles.